The lowest BCUT2D eigenvalue weighted by atomic mass is 10.1. The fourth-order valence-corrected chi connectivity index (χ4v) is 0.757. The Hall–Kier alpha value is -1.13. The van der Waals surface area contributed by atoms with E-state index in [4.69, 9.17) is 10.8 Å². The molecule has 0 bridgehead atoms. The second-order valence-corrected chi connectivity index (χ2v) is 3.22. The molecule has 0 aromatic heterocycles. The van der Waals surface area contributed by atoms with Gasteiger partial charge in [0.2, 0.25) is 0 Å². The van der Waals surface area contributed by atoms with Crippen LogP contribution in [-0.2, 0) is 4.79 Å². The van der Waals surface area contributed by atoms with Crippen molar-refractivity contribution in [1.29, 1.82) is 0 Å². The first kappa shape index (κ1) is 13.9. The predicted molar refractivity (Wildman–Crippen MR) is 57.4 cm³/mol. The van der Waals surface area contributed by atoms with E-state index < -0.39 is 11.6 Å². The molecule has 0 spiro atoms. The van der Waals surface area contributed by atoms with Crippen LogP contribution in [0.4, 0.5) is 4.39 Å². The highest BCUT2D eigenvalue weighted by Gasteiger charge is 2.07. The van der Waals surface area contributed by atoms with Gasteiger partial charge in [-0.1, -0.05) is 41.9 Å². The zero-order valence-corrected chi connectivity index (χ0v) is 8.99. The lowest BCUT2D eigenvalue weighted by Crippen LogP contribution is -2.05. The van der Waals surface area contributed by atoms with Gasteiger partial charge in [0, 0.05) is 6.04 Å². The zero-order valence-electron chi connectivity index (χ0n) is 8.23. The van der Waals surface area contributed by atoms with Gasteiger partial charge in [0.05, 0.1) is 0 Å². The third-order valence-electron chi connectivity index (χ3n) is 1.51. The van der Waals surface area contributed by atoms with Crippen LogP contribution in [0.1, 0.15) is 18.5 Å². The number of nitrogens with two attached hydrogens (primary N) is 1. The fraction of sp³-hybridized carbons (Fsp3) is 0.300. The average molecular weight is 234 g/mol. The van der Waals surface area contributed by atoms with E-state index in [0.29, 0.717) is 0 Å². The van der Waals surface area contributed by atoms with E-state index in [1.165, 1.54) is 5.56 Å². The maximum Gasteiger partial charge on any atom is 0.354 e. The van der Waals surface area contributed by atoms with Gasteiger partial charge in [0.25, 0.3) is 5.63 Å². The quantitative estimate of drug-likeness (QED) is 0.771. The third kappa shape index (κ3) is 6.88. The van der Waals surface area contributed by atoms with Crippen LogP contribution in [0.15, 0.2) is 30.3 Å². The molecule has 0 heterocycles. The molecule has 3 N–H and O–H groups in total. The molecule has 1 aromatic rings. The monoisotopic (exact) mass is 233 g/mol. The van der Waals surface area contributed by atoms with Crippen LogP contribution in [0.3, 0.4) is 0 Å². The maximum absolute atomic E-state index is 11.0. The molecule has 3 nitrogen and oxygen atoms in total. The van der Waals surface area contributed by atoms with Gasteiger partial charge in [-0.25, -0.2) is 9.18 Å². The van der Waals surface area contributed by atoms with Crippen molar-refractivity contribution in [1.82, 2.24) is 0 Å². The molecule has 1 aromatic carbocycles. The molecule has 0 amide bonds. The summed E-state index contributed by atoms with van der Waals surface area (Å²) in [5.41, 5.74) is 4.55. The lowest BCUT2D eigenvalue weighted by molar-refractivity contribution is -0.139. The van der Waals surface area contributed by atoms with Crippen LogP contribution >= 0.6 is 11.6 Å². The minimum Gasteiger partial charge on any atom is -0.478 e. The highest BCUT2D eigenvalue weighted by Crippen LogP contribution is 2.06. The Kier molecular flexibility index (Phi) is 6.66. The topological polar surface area (TPSA) is 63.3 Å². The molecular weight excluding hydrogens is 221 g/mol. The van der Waals surface area contributed by atoms with Gasteiger partial charge >= 0.3 is 5.97 Å². The Labute approximate surface area is 92.7 Å². The molecule has 0 aliphatic rings. The summed E-state index contributed by atoms with van der Waals surface area (Å²) >= 11 is 4.35. The van der Waals surface area contributed by atoms with Crippen molar-refractivity contribution in [3.05, 3.63) is 35.9 Å². The Bertz CT molecular complexity index is 291. The molecule has 15 heavy (non-hydrogen) atoms. The van der Waals surface area contributed by atoms with E-state index in [1.807, 2.05) is 37.3 Å². The summed E-state index contributed by atoms with van der Waals surface area (Å²) in [6.07, 6.45) is 0. The second kappa shape index (κ2) is 7.20. The normalized spacial score (nSPS) is 13.3. The van der Waals surface area contributed by atoms with Crippen LogP contribution in [-0.4, -0.2) is 16.7 Å². The van der Waals surface area contributed by atoms with Crippen LogP contribution in [0, 0.1) is 0 Å². The van der Waals surface area contributed by atoms with Crippen LogP contribution in [0.2, 0.25) is 0 Å². The van der Waals surface area contributed by atoms with E-state index in [0.717, 1.165) is 0 Å². The summed E-state index contributed by atoms with van der Waals surface area (Å²) < 4.78 is 11.0. The predicted octanol–water partition coefficient (Wildman–Crippen LogP) is 2.31. The van der Waals surface area contributed by atoms with Gasteiger partial charge in [0.1, 0.15) is 0 Å². The van der Waals surface area contributed by atoms with Crippen LogP contribution < -0.4 is 5.73 Å². The molecule has 0 aliphatic heterocycles. The first-order valence-corrected chi connectivity index (χ1v) is 4.70. The van der Waals surface area contributed by atoms with Gasteiger partial charge < -0.3 is 10.8 Å². The van der Waals surface area contributed by atoms with Crippen molar-refractivity contribution in [3.8, 4) is 0 Å². The summed E-state index contributed by atoms with van der Waals surface area (Å²) in [6.45, 7) is 1.98. The number of rotatable bonds is 2. The first-order valence-electron chi connectivity index (χ1n) is 4.26. The summed E-state index contributed by atoms with van der Waals surface area (Å²) in [5, 5.41) is 7.48. The van der Waals surface area contributed by atoms with Crippen molar-refractivity contribution in [2.24, 2.45) is 5.73 Å². The minimum absolute atomic E-state index is 0.159. The molecule has 0 saturated heterocycles. The van der Waals surface area contributed by atoms with Crippen molar-refractivity contribution in [3.63, 3.8) is 0 Å². The summed E-state index contributed by atoms with van der Waals surface area (Å²) in [7, 11) is 0. The highest BCUT2D eigenvalue weighted by atomic mass is 35.5. The molecule has 5 heteroatoms. The van der Waals surface area contributed by atoms with E-state index in [9.17, 15) is 9.18 Å². The van der Waals surface area contributed by atoms with E-state index in [1.54, 1.807) is 0 Å². The molecular formula is C10H13ClFNO2. The van der Waals surface area contributed by atoms with Crippen molar-refractivity contribution < 1.29 is 14.3 Å². The molecule has 0 radical (unpaired) electrons. The number of alkyl halides is 2. The van der Waals surface area contributed by atoms with Crippen molar-refractivity contribution in [2.45, 2.75) is 18.6 Å². The Morgan fingerprint density at radius 3 is 2.07 bits per heavy atom. The van der Waals surface area contributed by atoms with Gasteiger partial charge in [0.15, 0.2) is 0 Å². The molecule has 0 unspecified atom stereocenters. The maximum atomic E-state index is 11.0. The van der Waals surface area contributed by atoms with E-state index in [2.05, 4.69) is 11.6 Å². The Balaban J connectivity index is 0.000000288. The molecule has 0 fully saturated rings. The number of hydrogen-bond donors (Lipinski definition) is 2. The zero-order chi connectivity index (χ0) is 11.8. The number of benzene rings is 1. The number of halogens is 2. The van der Waals surface area contributed by atoms with Gasteiger partial charge in [-0.15, -0.1) is 0 Å². The number of carboxylic acids is 1. The van der Waals surface area contributed by atoms with Crippen molar-refractivity contribution >= 4 is 17.6 Å². The van der Waals surface area contributed by atoms with Crippen LogP contribution in [0.5, 0.6) is 0 Å². The first-order chi connectivity index (χ1) is 6.95. The molecule has 0 saturated carbocycles. The second-order valence-electron chi connectivity index (χ2n) is 2.84. The molecule has 1 rings (SSSR count). The smallest absolute Gasteiger partial charge is 0.354 e. The van der Waals surface area contributed by atoms with Gasteiger partial charge in [-0.05, 0) is 12.5 Å². The van der Waals surface area contributed by atoms with Crippen molar-refractivity contribution in [2.75, 3.05) is 0 Å². The lowest BCUT2D eigenvalue weighted by Gasteiger charge is -2.02. The largest absolute Gasteiger partial charge is 0.478 e. The fourth-order valence-electron chi connectivity index (χ4n) is 0.757. The summed E-state index contributed by atoms with van der Waals surface area (Å²) in [4.78, 5) is 9.19. The highest BCUT2D eigenvalue weighted by molar-refractivity contribution is 6.28. The number of carboxylic acid groups (broad SMARTS) is 1. The molecule has 0 aliphatic carbocycles. The van der Waals surface area contributed by atoms with Crippen LogP contribution in [0.25, 0.3) is 0 Å². The van der Waals surface area contributed by atoms with Gasteiger partial charge in [-0.3, -0.25) is 0 Å². The minimum atomic E-state index is -2.26. The Morgan fingerprint density at radius 1 is 1.47 bits per heavy atom. The average Bonchev–Trinajstić information content (AvgIpc) is 2.20. The molecule has 2 atom stereocenters. The van der Waals surface area contributed by atoms with Gasteiger partial charge in [-0.2, -0.15) is 0 Å². The number of carbonyl (C=O) groups is 1. The summed E-state index contributed by atoms with van der Waals surface area (Å²) in [5.74, 6) is -1.64. The third-order valence-corrected chi connectivity index (χ3v) is 1.70. The molecule has 84 valence electrons. The van der Waals surface area contributed by atoms with E-state index in [-0.39, 0.29) is 6.04 Å². The Morgan fingerprint density at radius 2 is 1.87 bits per heavy atom. The summed E-state index contributed by atoms with van der Waals surface area (Å²) in [6, 6.07) is 10.2. The number of hydrogen-bond acceptors (Lipinski definition) is 2. The number of aliphatic carboxylic acids is 1. The standard InChI is InChI=1S/C8H11N.C2H2ClFO2/c1-7(9)8-5-3-2-4-6-8;3-1(4)2(5)6/h2-7H,9H2,1H3;1H,(H,5,6)/t7-;1-/m00/s1. The SMILES string of the molecule is C[C@H](N)c1ccccc1.O=C(O)[C@H](F)Cl. The van der Waals surface area contributed by atoms with E-state index >= 15 is 0 Å².